The van der Waals surface area contributed by atoms with Gasteiger partial charge in [-0.15, -0.1) is 0 Å². The zero-order valence-electron chi connectivity index (χ0n) is 12.2. The molecule has 1 amide bonds. The second-order valence-corrected chi connectivity index (χ2v) is 5.53. The molecule has 1 aromatic carbocycles. The average Bonchev–Trinajstić information content (AvgIpc) is 3.03. The molecule has 3 rings (SSSR count). The van der Waals surface area contributed by atoms with Crippen molar-refractivity contribution < 1.29 is 4.79 Å². The summed E-state index contributed by atoms with van der Waals surface area (Å²) in [6.07, 6.45) is 7.07. The fourth-order valence-corrected chi connectivity index (χ4v) is 2.64. The minimum absolute atomic E-state index is 0.248. The van der Waals surface area contributed by atoms with Crippen LogP contribution in [0.4, 0.5) is 0 Å². The van der Waals surface area contributed by atoms with Gasteiger partial charge in [-0.2, -0.15) is 0 Å². The number of carbonyl (C=O) groups excluding carboxylic acids is 1. The highest BCUT2D eigenvalue weighted by atomic mass is 16.2. The molecular weight excluding hydrogens is 264 g/mol. The minimum atomic E-state index is 0.248. The normalized spacial score (nSPS) is 19.0. The average molecular weight is 284 g/mol. The van der Waals surface area contributed by atoms with Gasteiger partial charge in [0.2, 0.25) is 5.91 Å². The molecule has 1 atom stereocenters. The molecule has 21 heavy (non-hydrogen) atoms. The van der Waals surface area contributed by atoms with Crippen molar-refractivity contribution >= 4 is 5.91 Å². The molecule has 1 unspecified atom stereocenters. The van der Waals surface area contributed by atoms with Crippen LogP contribution >= 0.6 is 0 Å². The van der Waals surface area contributed by atoms with Gasteiger partial charge in [-0.3, -0.25) is 4.79 Å². The lowest BCUT2D eigenvalue weighted by molar-refractivity contribution is -0.132. The molecule has 2 heterocycles. The molecule has 1 fully saturated rings. The van der Waals surface area contributed by atoms with Crippen molar-refractivity contribution in [3.8, 4) is 5.69 Å². The molecule has 0 bridgehead atoms. The third-order valence-electron chi connectivity index (χ3n) is 3.96. The Bertz CT molecular complexity index is 591. The van der Waals surface area contributed by atoms with Crippen molar-refractivity contribution in [3.63, 3.8) is 0 Å². The van der Waals surface area contributed by atoms with Crippen LogP contribution in [0.5, 0.6) is 0 Å². The molecule has 0 spiro atoms. The Morgan fingerprint density at radius 2 is 2.14 bits per heavy atom. The summed E-state index contributed by atoms with van der Waals surface area (Å²) in [5, 5.41) is 3.53. The van der Waals surface area contributed by atoms with Crippen molar-refractivity contribution in [2.45, 2.75) is 25.4 Å². The highest BCUT2D eigenvalue weighted by Gasteiger charge is 2.21. The summed E-state index contributed by atoms with van der Waals surface area (Å²) < 4.78 is 1.99. The molecule has 110 valence electrons. The Labute approximate surface area is 124 Å². The number of carbonyl (C=O) groups is 1. The van der Waals surface area contributed by atoms with Crippen LogP contribution in [-0.4, -0.2) is 40.0 Å². The lowest BCUT2D eigenvalue weighted by atomic mass is 10.1. The molecule has 5 nitrogen and oxygen atoms in total. The van der Waals surface area contributed by atoms with Crippen LogP contribution in [0.1, 0.15) is 18.4 Å². The number of piperidine rings is 1. The van der Waals surface area contributed by atoms with E-state index in [-0.39, 0.29) is 5.91 Å². The molecule has 1 aliphatic heterocycles. The standard InChI is InChI=1S/C16H20N4O/c1-19-11-14(4-7-16(19)21)18-10-13-2-5-15(6-3-13)20-9-8-17-12-20/h2-3,5-6,8-9,12,14,18H,4,7,10-11H2,1H3. The SMILES string of the molecule is CN1CC(NCc2ccc(-n3ccnc3)cc2)CCC1=O. The van der Waals surface area contributed by atoms with Crippen LogP contribution in [0, 0.1) is 0 Å². The van der Waals surface area contributed by atoms with Gasteiger partial charge in [-0.25, -0.2) is 4.98 Å². The summed E-state index contributed by atoms with van der Waals surface area (Å²) in [5.41, 5.74) is 2.36. The monoisotopic (exact) mass is 284 g/mol. The number of likely N-dealkylation sites (N-methyl/N-ethyl adjacent to an activating group) is 1. The number of aromatic nitrogens is 2. The number of hydrogen-bond donors (Lipinski definition) is 1. The predicted molar refractivity (Wildman–Crippen MR) is 81.1 cm³/mol. The van der Waals surface area contributed by atoms with Crippen LogP contribution in [0.15, 0.2) is 43.0 Å². The van der Waals surface area contributed by atoms with E-state index in [2.05, 4.69) is 34.6 Å². The van der Waals surface area contributed by atoms with Gasteiger partial charge in [0.15, 0.2) is 0 Å². The van der Waals surface area contributed by atoms with E-state index in [1.165, 1.54) is 5.56 Å². The van der Waals surface area contributed by atoms with E-state index >= 15 is 0 Å². The van der Waals surface area contributed by atoms with Gasteiger partial charge < -0.3 is 14.8 Å². The highest BCUT2D eigenvalue weighted by Crippen LogP contribution is 2.12. The molecule has 0 aliphatic carbocycles. The number of amides is 1. The van der Waals surface area contributed by atoms with Crippen LogP contribution in [0.3, 0.4) is 0 Å². The van der Waals surface area contributed by atoms with Crippen molar-refractivity contribution in [2.75, 3.05) is 13.6 Å². The van der Waals surface area contributed by atoms with Crippen molar-refractivity contribution in [2.24, 2.45) is 0 Å². The highest BCUT2D eigenvalue weighted by molar-refractivity contribution is 5.76. The first-order valence-electron chi connectivity index (χ1n) is 7.27. The van der Waals surface area contributed by atoms with Crippen LogP contribution in [-0.2, 0) is 11.3 Å². The molecule has 2 aromatic rings. The Balaban J connectivity index is 1.55. The van der Waals surface area contributed by atoms with Gasteiger partial charge in [-0.05, 0) is 24.1 Å². The van der Waals surface area contributed by atoms with Crippen LogP contribution < -0.4 is 5.32 Å². The fraction of sp³-hybridized carbons (Fsp3) is 0.375. The smallest absolute Gasteiger partial charge is 0.222 e. The first kappa shape index (κ1) is 13.8. The lowest BCUT2D eigenvalue weighted by Gasteiger charge is -2.30. The Hall–Kier alpha value is -2.14. The number of benzene rings is 1. The van der Waals surface area contributed by atoms with E-state index in [0.29, 0.717) is 12.5 Å². The zero-order valence-corrected chi connectivity index (χ0v) is 12.2. The van der Waals surface area contributed by atoms with E-state index in [9.17, 15) is 4.79 Å². The molecule has 5 heteroatoms. The summed E-state index contributed by atoms with van der Waals surface area (Å²) >= 11 is 0. The number of hydrogen-bond acceptors (Lipinski definition) is 3. The predicted octanol–water partition coefficient (Wildman–Crippen LogP) is 1.58. The number of likely N-dealkylation sites (tertiary alicyclic amines) is 1. The number of nitrogens with one attached hydrogen (secondary N) is 1. The zero-order chi connectivity index (χ0) is 14.7. The number of nitrogens with zero attached hydrogens (tertiary/aromatic N) is 3. The third-order valence-corrected chi connectivity index (χ3v) is 3.96. The maximum atomic E-state index is 11.5. The van der Waals surface area contributed by atoms with Gasteiger partial charge in [-0.1, -0.05) is 12.1 Å². The largest absolute Gasteiger partial charge is 0.344 e. The number of imidazole rings is 1. The maximum Gasteiger partial charge on any atom is 0.222 e. The number of rotatable bonds is 4. The van der Waals surface area contributed by atoms with Gasteiger partial charge in [0.1, 0.15) is 0 Å². The molecule has 1 aliphatic rings. The minimum Gasteiger partial charge on any atom is -0.344 e. The Morgan fingerprint density at radius 1 is 1.33 bits per heavy atom. The Kier molecular flexibility index (Phi) is 4.01. The van der Waals surface area contributed by atoms with Crippen molar-refractivity contribution in [1.82, 2.24) is 19.8 Å². The summed E-state index contributed by atoms with van der Waals surface area (Å²) in [5.74, 6) is 0.248. The fourth-order valence-electron chi connectivity index (χ4n) is 2.64. The lowest BCUT2D eigenvalue weighted by Crippen LogP contribution is -2.46. The summed E-state index contributed by atoms with van der Waals surface area (Å²) in [7, 11) is 1.87. The Morgan fingerprint density at radius 3 is 2.81 bits per heavy atom. The van der Waals surface area contributed by atoms with Crippen molar-refractivity contribution in [1.29, 1.82) is 0 Å². The summed E-state index contributed by atoms with van der Waals surface area (Å²) in [6.45, 7) is 1.63. The van der Waals surface area contributed by atoms with Gasteiger partial charge in [0, 0.05) is 50.7 Å². The van der Waals surface area contributed by atoms with E-state index in [1.807, 2.05) is 22.7 Å². The first-order valence-corrected chi connectivity index (χ1v) is 7.27. The van der Waals surface area contributed by atoms with Crippen LogP contribution in [0.25, 0.3) is 5.69 Å². The second-order valence-electron chi connectivity index (χ2n) is 5.53. The quantitative estimate of drug-likeness (QED) is 0.927. The van der Waals surface area contributed by atoms with E-state index in [1.54, 1.807) is 12.5 Å². The topological polar surface area (TPSA) is 50.2 Å². The third kappa shape index (κ3) is 3.31. The molecule has 1 aromatic heterocycles. The molecule has 1 N–H and O–H groups in total. The summed E-state index contributed by atoms with van der Waals surface area (Å²) in [6, 6.07) is 8.82. The van der Waals surface area contributed by atoms with E-state index < -0.39 is 0 Å². The maximum absolute atomic E-state index is 11.5. The van der Waals surface area contributed by atoms with E-state index in [4.69, 9.17) is 0 Å². The molecule has 0 radical (unpaired) electrons. The first-order chi connectivity index (χ1) is 10.2. The van der Waals surface area contributed by atoms with Gasteiger partial charge in [0.05, 0.1) is 6.33 Å². The van der Waals surface area contributed by atoms with Crippen molar-refractivity contribution in [3.05, 3.63) is 48.5 Å². The second kappa shape index (κ2) is 6.10. The molecule has 0 saturated carbocycles. The molecular formula is C16H20N4O. The summed E-state index contributed by atoms with van der Waals surface area (Å²) in [4.78, 5) is 17.3. The van der Waals surface area contributed by atoms with Gasteiger partial charge in [0.25, 0.3) is 0 Å². The van der Waals surface area contributed by atoms with Crippen LogP contribution in [0.2, 0.25) is 0 Å². The van der Waals surface area contributed by atoms with E-state index in [0.717, 1.165) is 25.2 Å². The molecule has 1 saturated heterocycles. The van der Waals surface area contributed by atoms with Gasteiger partial charge >= 0.3 is 0 Å².